The number of halogens is 3. The molecule has 0 radical (unpaired) electrons. The van der Waals surface area contributed by atoms with Gasteiger partial charge in [0, 0.05) is 21.6 Å². The van der Waals surface area contributed by atoms with Gasteiger partial charge in [0.15, 0.2) is 0 Å². The first-order valence-electron chi connectivity index (χ1n) is 4.77. The van der Waals surface area contributed by atoms with Gasteiger partial charge >= 0.3 is 0 Å². The third-order valence-corrected chi connectivity index (χ3v) is 2.85. The van der Waals surface area contributed by atoms with E-state index in [1.807, 2.05) is 0 Å². The molecule has 0 aliphatic heterocycles. The number of benzene rings is 1. The fourth-order valence-electron chi connectivity index (χ4n) is 1.51. The number of nitrogens with one attached hydrogen (secondary N) is 1. The Balaban J connectivity index is 2.55. The van der Waals surface area contributed by atoms with Crippen LogP contribution in [0.5, 0.6) is 0 Å². The van der Waals surface area contributed by atoms with Gasteiger partial charge in [0.25, 0.3) is 6.43 Å². The largest absolute Gasteiger partial charge is 0.357 e. The van der Waals surface area contributed by atoms with Crippen LogP contribution in [0.3, 0.4) is 0 Å². The third-order valence-electron chi connectivity index (χ3n) is 2.62. The Labute approximate surface area is 96.4 Å². The zero-order valence-corrected chi connectivity index (χ0v) is 9.35. The Morgan fingerprint density at radius 1 is 1.38 bits per heavy atom. The summed E-state index contributed by atoms with van der Waals surface area (Å²) in [6.45, 7) is 1.30. The minimum Gasteiger partial charge on any atom is -0.357 e. The Kier molecular flexibility index (Phi) is 2.64. The van der Waals surface area contributed by atoms with E-state index in [1.54, 1.807) is 24.3 Å². The standard InChI is InChI=1S/C11H11ClF2N2/c1-11(15,10(13)14)9-5-6-4-7(12)2-3-8(6)16-9/h2-5,10,16H,15H2,1H3. The van der Waals surface area contributed by atoms with E-state index < -0.39 is 12.0 Å². The van der Waals surface area contributed by atoms with Crippen LogP contribution in [0, 0.1) is 0 Å². The molecule has 3 N–H and O–H groups in total. The number of rotatable bonds is 2. The first-order valence-corrected chi connectivity index (χ1v) is 5.15. The predicted octanol–water partition coefficient (Wildman–Crippen LogP) is 3.26. The molecule has 1 aromatic carbocycles. The number of alkyl halides is 2. The SMILES string of the molecule is CC(N)(c1cc2cc(Cl)ccc2[nH]1)C(F)F. The number of hydrogen-bond donors (Lipinski definition) is 2. The molecule has 0 aliphatic carbocycles. The highest BCUT2D eigenvalue weighted by Crippen LogP contribution is 2.28. The summed E-state index contributed by atoms with van der Waals surface area (Å²) in [4.78, 5) is 2.88. The van der Waals surface area contributed by atoms with Crippen LogP contribution in [-0.2, 0) is 5.54 Å². The minimum atomic E-state index is -2.63. The van der Waals surface area contributed by atoms with Gasteiger partial charge in [-0.3, -0.25) is 0 Å². The van der Waals surface area contributed by atoms with Crippen molar-refractivity contribution < 1.29 is 8.78 Å². The number of hydrogen-bond acceptors (Lipinski definition) is 1. The van der Waals surface area contributed by atoms with E-state index in [-0.39, 0.29) is 0 Å². The van der Waals surface area contributed by atoms with E-state index in [0.717, 1.165) is 10.9 Å². The number of H-pyrrole nitrogens is 1. The van der Waals surface area contributed by atoms with Crippen molar-refractivity contribution in [3.63, 3.8) is 0 Å². The van der Waals surface area contributed by atoms with Crippen LogP contribution in [-0.4, -0.2) is 11.4 Å². The molecule has 2 aromatic rings. The summed E-state index contributed by atoms with van der Waals surface area (Å²) >= 11 is 5.81. The van der Waals surface area contributed by atoms with Gasteiger partial charge < -0.3 is 10.7 Å². The maximum atomic E-state index is 12.7. The lowest BCUT2D eigenvalue weighted by Gasteiger charge is -2.21. The second-order valence-corrected chi connectivity index (χ2v) is 4.43. The number of nitrogens with two attached hydrogens (primary N) is 1. The topological polar surface area (TPSA) is 41.8 Å². The smallest absolute Gasteiger partial charge is 0.261 e. The van der Waals surface area contributed by atoms with Crippen LogP contribution in [0.1, 0.15) is 12.6 Å². The second kappa shape index (κ2) is 3.71. The van der Waals surface area contributed by atoms with Crippen LogP contribution >= 0.6 is 11.6 Å². The molecule has 0 saturated heterocycles. The summed E-state index contributed by atoms with van der Waals surface area (Å²) in [6.07, 6.45) is -2.63. The van der Waals surface area contributed by atoms with Crippen molar-refractivity contribution in [1.29, 1.82) is 0 Å². The normalized spacial score (nSPS) is 15.6. The monoisotopic (exact) mass is 244 g/mol. The van der Waals surface area contributed by atoms with E-state index in [0.29, 0.717) is 10.7 Å². The van der Waals surface area contributed by atoms with Gasteiger partial charge in [-0.05, 0) is 31.2 Å². The highest BCUT2D eigenvalue weighted by molar-refractivity contribution is 6.31. The molecule has 0 saturated carbocycles. The van der Waals surface area contributed by atoms with Gasteiger partial charge in [0.1, 0.15) is 5.54 Å². The van der Waals surface area contributed by atoms with Crippen LogP contribution in [0.4, 0.5) is 8.78 Å². The summed E-state index contributed by atoms with van der Waals surface area (Å²) in [7, 11) is 0. The van der Waals surface area contributed by atoms with Crippen LogP contribution in [0.2, 0.25) is 5.02 Å². The van der Waals surface area contributed by atoms with Crippen molar-refractivity contribution in [3.05, 3.63) is 35.0 Å². The molecule has 86 valence electrons. The number of aromatic amines is 1. The minimum absolute atomic E-state index is 0.305. The van der Waals surface area contributed by atoms with Crippen molar-refractivity contribution in [2.75, 3.05) is 0 Å². The average molecular weight is 245 g/mol. The van der Waals surface area contributed by atoms with Crippen molar-refractivity contribution in [2.24, 2.45) is 5.73 Å². The molecule has 5 heteroatoms. The molecule has 1 aromatic heterocycles. The van der Waals surface area contributed by atoms with Crippen molar-refractivity contribution in [3.8, 4) is 0 Å². The third kappa shape index (κ3) is 1.79. The Bertz CT molecular complexity index is 520. The molecule has 2 nitrogen and oxygen atoms in total. The zero-order valence-electron chi connectivity index (χ0n) is 8.60. The predicted molar refractivity (Wildman–Crippen MR) is 60.9 cm³/mol. The van der Waals surface area contributed by atoms with Crippen molar-refractivity contribution >= 4 is 22.5 Å². The maximum Gasteiger partial charge on any atom is 0.261 e. The lowest BCUT2D eigenvalue weighted by atomic mass is 10.0. The maximum absolute atomic E-state index is 12.7. The lowest BCUT2D eigenvalue weighted by molar-refractivity contribution is 0.0606. The van der Waals surface area contributed by atoms with E-state index in [2.05, 4.69) is 4.98 Å². The Hall–Kier alpha value is -1.13. The average Bonchev–Trinajstić information content (AvgIpc) is 2.60. The first kappa shape index (κ1) is 11.4. The van der Waals surface area contributed by atoms with E-state index in [4.69, 9.17) is 17.3 Å². The van der Waals surface area contributed by atoms with Gasteiger partial charge in [0.2, 0.25) is 0 Å². The van der Waals surface area contributed by atoms with E-state index in [9.17, 15) is 8.78 Å². The molecule has 2 rings (SSSR count). The van der Waals surface area contributed by atoms with E-state index >= 15 is 0 Å². The molecule has 0 amide bonds. The molecular formula is C11H11ClF2N2. The lowest BCUT2D eigenvalue weighted by Crippen LogP contribution is -2.40. The van der Waals surface area contributed by atoms with Gasteiger partial charge in [-0.25, -0.2) is 8.78 Å². The zero-order chi connectivity index (χ0) is 11.9. The van der Waals surface area contributed by atoms with Gasteiger partial charge in [-0.15, -0.1) is 0 Å². The van der Waals surface area contributed by atoms with Gasteiger partial charge in [0.05, 0.1) is 0 Å². The molecule has 0 bridgehead atoms. The van der Waals surface area contributed by atoms with Crippen molar-refractivity contribution in [2.45, 2.75) is 18.9 Å². The highest BCUT2D eigenvalue weighted by atomic mass is 35.5. The molecule has 0 aliphatic rings. The number of fused-ring (bicyclic) bond motifs is 1. The molecule has 16 heavy (non-hydrogen) atoms. The molecule has 1 unspecified atom stereocenters. The summed E-state index contributed by atoms with van der Waals surface area (Å²) in [5.74, 6) is 0. The van der Waals surface area contributed by atoms with Crippen molar-refractivity contribution in [1.82, 2.24) is 4.98 Å². The highest BCUT2D eigenvalue weighted by Gasteiger charge is 2.33. The summed E-state index contributed by atoms with van der Waals surface area (Å²) in [5.41, 5.74) is 4.95. The molecule has 0 spiro atoms. The Morgan fingerprint density at radius 2 is 2.06 bits per heavy atom. The molecule has 1 atom stereocenters. The Morgan fingerprint density at radius 3 is 2.69 bits per heavy atom. The summed E-state index contributed by atoms with van der Waals surface area (Å²) in [5, 5.41) is 1.34. The summed E-state index contributed by atoms with van der Waals surface area (Å²) < 4.78 is 25.5. The van der Waals surface area contributed by atoms with Crippen LogP contribution < -0.4 is 5.73 Å². The fourth-order valence-corrected chi connectivity index (χ4v) is 1.69. The molecular weight excluding hydrogens is 234 g/mol. The van der Waals surface area contributed by atoms with E-state index in [1.165, 1.54) is 6.92 Å². The van der Waals surface area contributed by atoms with Crippen LogP contribution in [0.25, 0.3) is 10.9 Å². The first-order chi connectivity index (χ1) is 7.41. The molecule has 0 fully saturated rings. The fraction of sp³-hybridized carbons (Fsp3) is 0.273. The van der Waals surface area contributed by atoms with Gasteiger partial charge in [-0.1, -0.05) is 11.6 Å². The molecule has 1 heterocycles. The van der Waals surface area contributed by atoms with Gasteiger partial charge in [-0.2, -0.15) is 0 Å². The quantitative estimate of drug-likeness (QED) is 0.837. The summed E-state index contributed by atoms with van der Waals surface area (Å²) in [6, 6.07) is 6.74. The van der Waals surface area contributed by atoms with Crippen LogP contribution in [0.15, 0.2) is 24.3 Å². The number of aromatic nitrogens is 1. The second-order valence-electron chi connectivity index (χ2n) is 4.00.